The van der Waals surface area contributed by atoms with Crippen molar-refractivity contribution in [1.82, 2.24) is 14.5 Å². The molecule has 98 valence electrons. The minimum Gasteiger partial charge on any atom is -0.476 e. The first-order valence-electron chi connectivity index (χ1n) is 6.40. The van der Waals surface area contributed by atoms with Crippen LogP contribution in [-0.2, 0) is 13.0 Å². The lowest BCUT2D eigenvalue weighted by Crippen LogP contribution is -2.19. The van der Waals surface area contributed by atoms with Crippen LogP contribution >= 0.6 is 0 Å². The predicted octanol–water partition coefficient (Wildman–Crippen LogP) is 2.23. The topological polar surface area (TPSA) is 68.0 Å². The van der Waals surface area contributed by atoms with Crippen LogP contribution in [-0.4, -0.2) is 25.6 Å². The van der Waals surface area contributed by atoms with Crippen LogP contribution < -0.4 is 0 Å². The quantitative estimate of drug-likeness (QED) is 0.895. The van der Waals surface area contributed by atoms with Gasteiger partial charge in [-0.2, -0.15) is 0 Å². The van der Waals surface area contributed by atoms with Crippen molar-refractivity contribution in [3.63, 3.8) is 0 Å². The maximum Gasteiger partial charge on any atom is 0.356 e. The highest BCUT2D eigenvalue weighted by Crippen LogP contribution is 2.29. The molecule has 19 heavy (non-hydrogen) atoms. The van der Waals surface area contributed by atoms with E-state index in [9.17, 15) is 9.90 Å². The second kappa shape index (κ2) is 4.50. The normalized spacial score (nSPS) is 18.1. The number of aromatic nitrogens is 3. The molecule has 0 aliphatic carbocycles. The SMILES string of the molecule is CC1CCn2c(-c3cccnc3)nc(C(=O)O)c2C1. The van der Waals surface area contributed by atoms with Gasteiger partial charge < -0.3 is 9.67 Å². The Morgan fingerprint density at radius 1 is 1.53 bits per heavy atom. The molecule has 0 spiro atoms. The van der Waals surface area contributed by atoms with Crippen LogP contribution in [0, 0.1) is 5.92 Å². The second-order valence-electron chi connectivity index (χ2n) is 5.03. The number of carboxylic acids is 1. The van der Waals surface area contributed by atoms with E-state index in [1.165, 1.54) is 0 Å². The smallest absolute Gasteiger partial charge is 0.356 e. The van der Waals surface area contributed by atoms with Gasteiger partial charge in [-0.15, -0.1) is 0 Å². The van der Waals surface area contributed by atoms with Crippen molar-refractivity contribution in [2.24, 2.45) is 5.92 Å². The van der Waals surface area contributed by atoms with Crippen molar-refractivity contribution in [3.8, 4) is 11.4 Å². The molecule has 3 heterocycles. The average molecular weight is 257 g/mol. The molecular formula is C14H15N3O2. The van der Waals surface area contributed by atoms with Gasteiger partial charge in [0.05, 0.1) is 5.69 Å². The minimum atomic E-state index is -0.951. The molecule has 2 aromatic rings. The molecule has 1 aliphatic rings. The third-order valence-electron chi connectivity index (χ3n) is 3.58. The van der Waals surface area contributed by atoms with Crippen molar-refractivity contribution in [2.45, 2.75) is 26.3 Å². The lowest BCUT2D eigenvalue weighted by atomic mass is 9.97. The van der Waals surface area contributed by atoms with E-state index < -0.39 is 5.97 Å². The van der Waals surface area contributed by atoms with E-state index in [2.05, 4.69) is 16.9 Å². The monoisotopic (exact) mass is 257 g/mol. The summed E-state index contributed by atoms with van der Waals surface area (Å²) in [5, 5.41) is 9.30. The number of aromatic carboxylic acids is 1. The van der Waals surface area contributed by atoms with Crippen LogP contribution in [0.2, 0.25) is 0 Å². The van der Waals surface area contributed by atoms with Crippen molar-refractivity contribution >= 4 is 5.97 Å². The Hall–Kier alpha value is -2.17. The molecule has 5 heteroatoms. The summed E-state index contributed by atoms with van der Waals surface area (Å²) < 4.78 is 2.03. The highest BCUT2D eigenvalue weighted by Gasteiger charge is 2.27. The summed E-state index contributed by atoms with van der Waals surface area (Å²) in [5.41, 5.74) is 1.89. The molecule has 0 radical (unpaired) electrons. The summed E-state index contributed by atoms with van der Waals surface area (Å²) >= 11 is 0. The van der Waals surface area contributed by atoms with E-state index in [1.807, 2.05) is 16.7 Å². The Balaban J connectivity index is 2.17. The maximum absolute atomic E-state index is 11.3. The molecule has 0 amide bonds. The van der Waals surface area contributed by atoms with E-state index in [-0.39, 0.29) is 5.69 Å². The number of carboxylic acid groups (broad SMARTS) is 1. The summed E-state index contributed by atoms with van der Waals surface area (Å²) in [5.74, 6) is 0.268. The average Bonchev–Trinajstić information content (AvgIpc) is 2.78. The highest BCUT2D eigenvalue weighted by atomic mass is 16.4. The molecule has 0 bridgehead atoms. The summed E-state index contributed by atoms with van der Waals surface area (Å²) in [4.78, 5) is 19.7. The summed E-state index contributed by atoms with van der Waals surface area (Å²) in [6.07, 6.45) is 5.24. The van der Waals surface area contributed by atoms with Crippen molar-refractivity contribution in [2.75, 3.05) is 0 Å². The Morgan fingerprint density at radius 3 is 3.05 bits per heavy atom. The molecule has 5 nitrogen and oxygen atoms in total. The first-order valence-corrected chi connectivity index (χ1v) is 6.40. The summed E-state index contributed by atoms with van der Waals surface area (Å²) in [6, 6.07) is 3.75. The molecular weight excluding hydrogens is 242 g/mol. The van der Waals surface area contributed by atoms with Gasteiger partial charge in [0, 0.05) is 24.5 Å². The van der Waals surface area contributed by atoms with Gasteiger partial charge in [-0.3, -0.25) is 4.98 Å². The van der Waals surface area contributed by atoms with E-state index in [4.69, 9.17) is 0 Å². The first kappa shape index (κ1) is 11.9. The van der Waals surface area contributed by atoms with E-state index in [0.717, 1.165) is 30.6 Å². The number of fused-ring (bicyclic) bond motifs is 1. The van der Waals surface area contributed by atoms with Crippen molar-refractivity contribution in [1.29, 1.82) is 0 Å². The number of nitrogens with zero attached hydrogens (tertiary/aromatic N) is 3. The zero-order chi connectivity index (χ0) is 13.4. The zero-order valence-corrected chi connectivity index (χ0v) is 10.7. The first-order chi connectivity index (χ1) is 9.16. The highest BCUT2D eigenvalue weighted by molar-refractivity contribution is 5.88. The number of imidazole rings is 1. The van der Waals surface area contributed by atoms with Crippen LogP contribution in [0.1, 0.15) is 29.5 Å². The molecule has 0 aromatic carbocycles. The molecule has 0 saturated heterocycles. The molecule has 1 atom stereocenters. The molecule has 0 saturated carbocycles. The lowest BCUT2D eigenvalue weighted by molar-refractivity contribution is 0.0689. The summed E-state index contributed by atoms with van der Waals surface area (Å²) in [7, 11) is 0. The molecule has 1 N–H and O–H groups in total. The Kier molecular flexibility index (Phi) is 2.81. The minimum absolute atomic E-state index is 0.186. The number of hydrogen-bond donors (Lipinski definition) is 1. The number of carbonyl (C=O) groups is 1. The number of hydrogen-bond acceptors (Lipinski definition) is 3. The van der Waals surface area contributed by atoms with E-state index in [0.29, 0.717) is 11.7 Å². The molecule has 0 fully saturated rings. The van der Waals surface area contributed by atoms with Crippen LogP contribution in [0.3, 0.4) is 0 Å². The van der Waals surface area contributed by atoms with Gasteiger partial charge in [-0.25, -0.2) is 9.78 Å². The van der Waals surface area contributed by atoms with Gasteiger partial charge in [0.2, 0.25) is 0 Å². The van der Waals surface area contributed by atoms with Crippen LogP contribution in [0.15, 0.2) is 24.5 Å². The van der Waals surface area contributed by atoms with E-state index in [1.54, 1.807) is 12.4 Å². The predicted molar refractivity (Wildman–Crippen MR) is 69.9 cm³/mol. The number of rotatable bonds is 2. The Morgan fingerprint density at radius 2 is 2.37 bits per heavy atom. The molecule has 2 aromatic heterocycles. The fourth-order valence-electron chi connectivity index (χ4n) is 2.60. The Labute approximate surface area is 110 Å². The van der Waals surface area contributed by atoms with Crippen LogP contribution in [0.5, 0.6) is 0 Å². The number of pyridine rings is 1. The van der Waals surface area contributed by atoms with E-state index >= 15 is 0 Å². The van der Waals surface area contributed by atoms with Gasteiger partial charge in [-0.05, 0) is 30.9 Å². The van der Waals surface area contributed by atoms with Crippen molar-refractivity contribution < 1.29 is 9.90 Å². The molecule has 3 rings (SSSR count). The third kappa shape index (κ3) is 2.01. The second-order valence-corrected chi connectivity index (χ2v) is 5.03. The zero-order valence-electron chi connectivity index (χ0n) is 10.7. The van der Waals surface area contributed by atoms with Gasteiger partial charge in [0.25, 0.3) is 0 Å². The molecule has 1 unspecified atom stereocenters. The summed E-state index contributed by atoms with van der Waals surface area (Å²) in [6.45, 7) is 2.97. The fraction of sp³-hybridized carbons (Fsp3) is 0.357. The van der Waals surface area contributed by atoms with Gasteiger partial charge in [0.1, 0.15) is 5.82 Å². The molecule has 1 aliphatic heterocycles. The lowest BCUT2D eigenvalue weighted by Gasteiger charge is -2.22. The van der Waals surface area contributed by atoms with Crippen LogP contribution in [0.25, 0.3) is 11.4 Å². The largest absolute Gasteiger partial charge is 0.476 e. The van der Waals surface area contributed by atoms with Gasteiger partial charge in [-0.1, -0.05) is 6.92 Å². The standard InChI is InChI=1S/C14H15N3O2/c1-9-4-6-17-11(7-9)12(14(18)19)16-13(17)10-3-2-5-15-8-10/h2-3,5,8-9H,4,6-7H2,1H3,(H,18,19). The van der Waals surface area contributed by atoms with Gasteiger partial charge >= 0.3 is 5.97 Å². The fourth-order valence-corrected chi connectivity index (χ4v) is 2.60. The van der Waals surface area contributed by atoms with Crippen LogP contribution in [0.4, 0.5) is 0 Å². The third-order valence-corrected chi connectivity index (χ3v) is 3.58. The van der Waals surface area contributed by atoms with Gasteiger partial charge in [0.15, 0.2) is 5.69 Å². The Bertz CT molecular complexity index is 619. The maximum atomic E-state index is 11.3. The van der Waals surface area contributed by atoms with Crippen molar-refractivity contribution in [3.05, 3.63) is 35.9 Å².